The third-order valence-corrected chi connectivity index (χ3v) is 1.95. The highest BCUT2D eigenvalue weighted by atomic mass is 15.0. The Bertz CT molecular complexity index is 347. The minimum Gasteiger partial charge on any atom is -0.329 e. The van der Waals surface area contributed by atoms with Crippen LogP contribution in [0.3, 0.4) is 0 Å². The van der Waals surface area contributed by atoms with Crippen molar-refractivity contribution >= 4 is 0 Å². The van der Waals surface area contributed by atoms with Gasteiger partial charge in [0.15, 0.2) is 0 Å². The Hall–Kier alpha value is -1.61. The van der Waals surface area contributed by atoms with Crippen molar-refractivity contribution in [3.05, 3.63) is 55.2 Å². The van der Waals surface area contributed by atoms with E-state index in [4.69, 9.17) is 5.73 Å². The number of imidazole rings is 1. The molecule has 0 saturated heterocycles. The molecule has 3 heteroatoms. The van der Waals surface area contributed by atoms with Gasteiger partial charge in [-0.1, -0.05) is 31.4 Å². The molecule has 1 rings (SSSR count). The Morgan fingerprint density at radius 2 is 2.36 bits per heavy atom. The number of hydrogen-bond acceptors (Lipinski definition) is 2. The van der Waals surface area contributed by atoms with Gasteiger partial charge in [-0.25, -0.2) is 4.98 Å². The fourth-order valence-corrected chi connectivity index (χ4v) is 1.19. The molecule has 0 bridgehead atoms. The molecule has 0 amide bonds. The average molecular weight is 189 g/mol. The largest absolute Gasteiger partial charge is 0.329 e. The summed E-state index contributed by atoms with van der Waals surface area (Å²) in [5.74, 6) is 0. The zero-order valence-corrected chi connectivity index (χ0v) is 8.19. The zero-order chi connectivity index (χ0) is 10.4. The van der Waals surface area contributed by atoms with Crippen molar-refractivity contribution in [2.24, 2.45) is 5.73 Å². The normalized spacial score (nSPS) is 11.4. The number of hydrogen-bond donors (Lipinski definition) is 1. The third-order valence-electron chi connectivity index (χ3n) is 1.95. The van der Waals surface area contributed by atoms with Crippen LogP contribution in [0.25, 0.3) is 0 Å². The molecule has 0 aromatic carbocycles. The van der Waals surface area contributed by atoms with Crippen LogP contribution in [0.15, 0.2) is 49.5 Å². The van der Waals surface area contributed by atoms with E-state index in [1.165, 1.54) is 0 Å². The van der Waals surface area contributed by atoms with Crippen LogP contribution in [0.2, 0.25) is 0 Å². The highest BCUT2D eigenvalue weighted by molar-refractivity contribution is 5.21. The van der Waals surface area contributed by atoms with E-state index in [1.54, 1.807) is 18.6 Å². The first-order valence-electron chi connectivity index (χ1n) is 4.45. The monoisotopic (exact) mass is 189 g/mol. The van der Waals surface area contributed by atoms with E-state index >= 15 is 0 Å². The first kappa shape index (κ1) is 10.5. The number of aromatic nitrogens is 2. The summed E-state index contributed by atoms with van der Waals surface area (Å²) in [6.45, 7) is 8.62. The molecule has 14 heavy (non-hydrogen) atoms. The smallest absolute Gasteiger partial charge is 0.0951 e. The Morgan fingerprint density at radius 1 is 1.57 bits per heavy atom. The molecule has 0 aliphatic rings. The van der Waals surface area contributed by atoms with Crippen LogP contribution in [-0.2, 0) is 13.1 Å². The maximum Gasteiger partial charge on any atom is 0.0951 e. The number of allylic oxidation sites excluding steroid dienone is 4. The molecule has 3 nitrogen and oxygen atoms in total. The summed E-state index contributed by atoms with van der Waals surface area (Å²) in [6, 6.07) is 0. The van der Waals surface area contributed by atoms with Crippen LogP contribution in [0.1, 0.15) is 5.69 Å². The Labute approximate surface area is 84.3 Å². The van der Waals surface area contributed by atoms with Crippen LogP contribution in [-0.4, -0.2) is 9.55 Å². The molecule has 0 saturated carbocycles. The minimum atomic E-state index is 0.499. The second kappa shape index (κ2) is 5.19. The van der Waals surface area contributed by atoms with Gasteiger partial charge >= 0.3 is 0 Å². The van der Waals surface area contributed by atoms with Crippen LogP contribution in [0.4, 0.5) is 0 Å². The lowest BCUT2D eigenvalue weighted by atomic mass is 10.2. The van der Waals surface area contributed by atoms with E-state index in [0.717, 1.165) is 17.8 Å². The summed E-state index contributed by atoms with van der Waals surface area (Å²) in [4.78, 5) is 4.04. The van der Waals surface area contributed by atoms with Crippen LogP contribution < -0.4 is 5.73 Å². The van der Waals surface area contributed by atoms with Gasteiger partial charge in [0.25, 0.3) is 0 Å². The molecule has 0 atom stereocenters. The molecule has 0 spiro atoms. The lowest BCUT2D eigenvalue weighted by molar-refractivity contribution is 0.739. The second-order valence-electron chi connectivity index (χ2n) is 2.90. The molecule has 2 N–H and O–H groups in total. The van der Waals surface area contributed by atoms with E-state index in [0.29, 0.717) is 6.54 Å². The summed E-state index contributed by atoms with van der Waals surface area (Å²) < 4.78 is 2.00. The standard InChI is InChI=1S/C11H15N3/c1-3-5-10(4-2)8-14-9-13-7-11(14)6-12/h3-5,7,9H,1-2,6,8,12H2/b10-5+. The fraction of sp³-hybridized carbons (Fsp3) is 0.182. The SMILES string of the molecule is C=C/C=C(\C=C)Cn1cncc1CN. The predicted octanol–water partition coefficient (Wildman–Crippen LogP) is 1.64. The highest BCUT2D eigenvalue weighted by Gasteiger charge is 2.00. The lowest BCUT2D eigenvalue weighted by Gasteiger charge is -2.06. The molecule has 1 aromatic heterocycles. The first-order valence-corrected chi connectivity index (χ1v) is 4.45. The predicted molar refractivity (Wildman–Crippen MR) is 58.6 cm³/mol. The van der Waals surface area contributed by atoms with Crippen molar-refractivity contribution < 1.29 is 0 Å². The maximum absolute atomic E-state index is 5.56. The van der Waals surface area contributed by atoms with E-state index in [2.05, 4.69) is 18.1 Å². The quantitative estimate of drug-likeness (QED) is 0.715. The van der Waals surface area contributed by atoms with Crippen molar-refractivity contribution in [3.8, 4) is 0 Å². The Kier molecular flexibility index (Phi) is 3.88. The molecule has 0 fully saturated rings. The van der Waals surface area contributed by atoms with Gasteiger partial charge in [0.1, 0.15) is 0 Å². The molecular formula is C11H15N3. The van der Waals surface area contributed by atoms with Crippen molar-refractivity contribution in [2.75, 3.05) is 0 Å². The van der Waals surface area contributed by atoms with Gasteiger partial charge in [0, 0.05) is 19.3 Å². The van der Waals surface area contributed by atoms with Crippen molar-refractivity contribution in [1.82, 2.24) is 9.55 Å². The summed E-state index contributed by atoms with van der Waals surface area (Å²) >= 11 is 0. The van der Waals surface area contributed by atoms with Gasteiger partial charge in [0.2, 0.25) is 0 Å². The van der Waals surface area contributed by atoms with Crippen molar-refractivity contribution in [1.29, 1.82) is 0 Å². The van der Waals surface area contributed by atoms with Gasteiger partial charge in [0.05, 0.1) is 12.0 Å². The van der Waals surface area contributed by atoms with Crippen LogP contribution >= 0.6 is 0 Å². The van der Waals surface area contributed by atoms with E-state index in [1.807, 2.05) is 16.7 Å². The topological polar surface area (TPSA) is 43.8 Å². The number of nitrogens with two attached hydrogens (primary N) is 1. The molecule has 1 aromatic rings. The van der Waals surface area contributed by atoms with Gasteiger partial charge < -0.3 is 10.3 Å². The summed E-state index contributed by atoms with van der Waals surface area (Å²) in [5.41, 5.74) is 7.67. The number of rotatable bonds is 5. The lowest BCUT2D eigenvalue weighted by Crippen LogP contribution is -2.07. The Balaban J connectivity index is 2.81. The van der Waals surface area contributed by atoms with E-state index in [-0.39, 0.29) is 0 Å². The third kappa shape index (κ3) is 2.44. The molecule has 0 aliphatic heterocycles. The van der Waals surface area contributed by atoms with Gasteiger partial charge in [-0.2, -0.15) is 0 Å². The second-order valence-corrected chi connectivity index (χ2v) is 2.90. The summed E-state index contributed by atoms with van der Waals surface area (Å²) in [5, 5.41) is 0. The first-order chi connectivity index (χ1) is 6.81. The summed E-state index contributed by atoms with van der Waals surface area (Å²) in [7, 11) is 0. The molecule has 0 unspecified atom stereocenters. The molecule has 0 aliphatic carbocycles. The summed E-state index contributed by atoms with van der Waals surface area (Å²) in [6.07, 6.45) is 9.02. The maximum atomic E-state index is 5.56. The van der Waals surface area contributed by atoms with Crippen molar-refractivity contribution in [3.63, 3.8) is 0 Å². The highest BCUT2D eigenvalue weighted by Crippen LogP contribution is 2.05. The number of nitrogens with zero attached hydrogens (tertiary/aromatic N) is 2. The molecule has 1 heterocycles. The Morgan fingerprint density at radius 3 is 2.93 bits per heavy atom. The molecule has 74 valence electrons. The van der Waals surface area contributed by atoms with Gasteiger partial charge in [-0.15, -0.1) is 0 Å². The fourth-order valence-electron chi connectivity index (χ4n) is 1.19. The van der Waals surface area contributed by atoms with Gasteiger partial charge in [-0.3, -0.25) is 0 Å². The van der Waals surface area contributed by atoms with E-state index in [9.17, 15) is 0 Å². The van der Waals surface area contributed by atoms with Crippen molar-refractivity contribution in [2.45, 2.75) is 13.1 Å². The van der Waals surface area contributed by atoms with E-state index < -0.39 is 0 Å². The van der Waals surface area contributed by atoms with Gasteiger partial charge in [-0.05, 0) is 5.57 Å². The average Bonchev–Trinajstić information content (AvgIpc) is 2.64. The minimum absolute atomic E-state index is 0.499. The molecule has 0 radical (unpaired) electrons. The van der Waals surface area contributed by atoms with Crippen LogP contribution in [0.5, 0.6) is 0 Å². The zero-order valence-electron chi connectivity index (χ0n) is 8.19. The molecular weight excluding hydrogens is 174 g/mol. The van der Waals surface area contributed by atoms with Crippen LogP contribution in [0, 0.1) is 0 Å².